The second kappa shape index (κ2) is 8.03. The summed E-state index contributed by atoms with van der Waals surface area (Å²) in [6.45, 7) is -2.73. The van der Waals surface area contributed by atoms with Crippen molar-refractivity contribution in [1.29, 1.82) is 0 Å². The molecule has 0 unspecified atom stereocenters. The van der Waals surface area contributed by atoms with E-state index in [0.717, 1.165) is 12.8 Å². The smallest absolute Gasteiger partial charge is 0.387 e. The monoisotopic (exact) mass is 360 g/mol. The maximum absolute atomic E-state index is 12.3. The van der Waals surface area contributed by atoms with Crippen molar-refractivity contribution in [2.24, 2.45) is 5.92 Å². The third-order valence-electron chi connectivity index (χ3n) is 4.04. The van der Waals surface area contributed by atoms with E-state index in [1.165, 1.54) is 18.3 Å². The van der Waals surface area contributed by atoms with Gasteiger partial charge in [0.15, 0.2) is 0 Å². The summed E-state index contributed by atoms with van der Waals surface area (Å²) in [5.41, 5.74) is 1.61. The molecule has 0 bridgehead atoms. The number of ether oxygens (including phenoxy) is 1. The topological polar surface area (TPSA) is 68.3 Å². The fraction of sp³-hybridized carbons (Fsp3) is 0.316. The van der Waals surface area contributed by atoms with Gasteiger partial charge in [0.2, 0.25) is 0 Å². The average molecular weight is 360 g/mol. The van der Waals surface area contributed by atoms with E-state index in [9.17, 15) is 18.4 Å². The van der Waals surface area contributed by atoms with Crippen molar-refractivity contribution in [2.75, 3.05) is 0 Å². The van der Waals surface area contributed by atoms with Gasteiger partial charge in [-0.05, 0) is 42.7 Å². The number of aromatic nitrogens is 1. The van der Waals surface area contributed by atoms with Crippen molar-refractivity contribution in [2.45, 2.75) is 32.4 Å². The Kier molecular flexibility index (Phi) is 5.55. The second-order valence-electron chi connectivity index (χ2n) is 6.16. The molecule has 0 radical (unpaired) electrons. The maximum atomic E-state index is 12.3. The van der Waals surface area contributed by atoms with E-state index in [1.807, 2.05) is 0 Å². The number of nitrogens with zero attached hydrogens (tertiary/aromatic N) is 1. The minimum Gasteiger partial charge on any atom is -0.435 e. The molecule has 136 valence electrons. The average Bonchev–Trinajstić information content (AvgIpc) is 3.45. The maximum Gasteiger partial charge on any atom is 0.387 e. The third kappa shape index (κ3) is 5.08. The summed E-state index contributed by atoms with van der Waals surface area (Å²) in [5, 5.41) is 2.72. The molecule has 0 atom stereocenters. The number of pyridine rings is 1. The molecule has 0 aliphatic heterocycles. The zero-order valence-electron chi connectivity index (χ0n) is 14.0. The lowest BCUT2D eigenvalue weighted by molar-refractivity contribution is -0.119. The standard InChI is InChI=1S/C19H18F2N2O3/c20-19(21)26-16-3-1-2-12(8-16)11-23-18(25)14-6-7-22-15(9-14)10-17(24)13-4-5-13/h1-3,6-9,13,19H,4-5,10-11H2,(H,23,25). The van der Waals surface area contributed by atoms with Gasteiger partial charge >= 0.3 is 6.61 Å². The number of Topliss-reactive ketones (excluding diaryl/α,β-unsaturated/α-hetero) is 1. The lowest BCUT2D eigenvalue weighted by Gasteiger charge is -2.09. The lowest BCUT2D eigenvalue weighted by atomic mass is 10.1. The van der Waals surface area contributed by atoms with Crippen molar-refractivity contribution >= 4 is 11.7 Å². The molecule has 26 heavy (non-hydrogen) atoms. The largest absolute Gasteiger partial charge is 0.435 e. The van der Waals surface area contributed by atoms with Crippen molar-refractivity contribution in [3.63, 3.8) is 0 Å². The Hall–Kier alpha value is -2.83. The quantitative estimate of drug-likeness (QED) is 0.785. The summed E-state index contributed by atoms with van der Waals surface area (Å²) in [4.78, 5) is 28.3. The highest BCUT2D eigenvalue weighted by molar-refractivity contribution is 5.94. The predicted molar refractivity (Wildman–Crippen MR) is 89.9 cm³/mol. The fourth-order valence-corrected chi connectivity index (χ4v) is 2.56. The highest BCUT2D eigenvalue weighted by Crippen LogP contribution is 2.30. The van der Waals surface area contributed by atoms with E-state index in [1.54, 1.807) is 24.3 Å². The van der Waals surface area contributed by atoms with Gasteiger partial charge in [-0.15, -0.1) is 0 Å². The fourth-order valence-electron chi connectivity index (χ4n) is 2.56. The van der Waals surface area contributed by atoms with Crippen LogP contribution in [0.3, 0.4) is 0 Å². The number of nitrogens with one attached hydrogen (secondary N) is 1. The number of hydrogen-bond donors (Lipinski definition) is 1. The first kappa shape index (κ1) is 18.0. The second-order valence-corrected chi connectivity index (χ2v) is 6.16. The van der Waals surface area contributed by atoms with Crippen LogP contribution in [0.2, 0.25) is 0 Å². The zero-order chi connectivity index (χ0) is 18.5. The van der Waals surface area contributed by atoms with Crippen LogP contribution in [0.5, 0.6) is 5.75 Å². The molecule has 1 aromatic carbocycles. The van der Waals surface area contributed by atoms with Crippen LogP contribution in [0.25, 0.3) is 0 Å². The summed E-state index contributed by atoms with van der Waals surface area (Å²) in [5.74, 6) is 0.0205. The van der Waals surface area contributed by atoms with Gasteiger partial charge in [0.25, 0.3) is 5.91 Å². The zero-order valence-corrected chi connectivity index (χ0v) is 14.0. The molecule has 2 aromatic rings. The van der Waals surface area contributed by atoms with Crippen LogP contribution in [0.15, 0.2) is 42.6 Å². The normalized spacial score (nSPS) is 13.5. The molecule has 1 fully saturated rings. The van der Waals surface area contributed by atoms with Gasteiger partial charge in [-0.3, -0.25) is 14.6 Å². The number of benzene rings is 1. The number of rotatable bonds is 8. The van der Waals surface area contributed by atoms with Gasteiger partial charge in [-0.1, -0.05) is 12.1 Å². The molecule has 5 nitrogen and oxygen atoms in total. The Labute approximate surface area is 149 Å². The van der Waals surface area contributed by atoms with E-state index in [0.29, 0.717) is 16.8 Å². The number of carbonyl (C=O) groups excluding carboxylic acids is 2. The van der Waals surface area contributed by atoms with Gasteiger partial charge in [0, 0.05) is 36.3 Å². The molecular weight excluding hydrogens is 342 g/mol. The molecule has 7 heteroatoms. The van der Waals surface area contributed by atoms with Crippen molar-refractivity contribution in [3.8, 4) is 5.75 Å². The number of halogens is 2. The third-order valence-corrected chi connectivity index (χ3v) is 4.04. The predicted octanol–water partition coefficient (Wildman–Crippen LogP) is 3.13. The van der Waals surface area contributed by atoms with E-state index in [2.05, 4.69) is 15.0 Å². The number of hydrogen-bond acceptors (Lipinski definition) is 4. The Morgan fingerprint density at radius 1 is 1.23 bits per heavy atom. The highest BCUT2D eigenvalue weighted by atomic mass is 19.3. The Morgan fingerprint density at radius 2 is 2.04 bits per heavy atom. The van der Waals surface area contributed by atoms with E-state index in [-0.39, 0.29) is 36.3 Å². The van der Waals surface area contributed by atoms with Gasteiger partial charge < -0.3 is 10.1 Å². The number of amides is 1. The van der Waals surface area contributed by atoms with Crippen LogP contribution in [0, 0.1) is 5.92 Å². The number of ketones is 1. The summed E-state index contributed by atoms with van der Waals surface area (Å²) >= 11 is 0. The van der Waals surface area contributed by atoms with Crippen LogP contribution >= 0.6 is 0 Å². The van der Waals surface area contributed by atoms with Gasteiger partial charge in [-0.2, -0.15) is 8.78 Å². The molecule has 1 aliphatic rings. The SMILES string of the molecule is O=C(NCc1cccc(OC(F)F)c1)c1ccnc(CC(=O)C2CC2)c1. The van der Waals surface area contributed by atoms with Crippen molar-refractivity contribution in [3.05, 3.63) is 59.4 Å². The lowest BCUT2D eigenvalue weighted by Crippen LogP contribution is -2.23. The van der Waals surface area contributed by atoms with Crippen LogP contribution < -0.4 is 10.1 Å². The van der Waals surface area contributed by atoms with E-state index in [4.69, 9.17) is 0 Å². The van der Waals surface area contributed by atoms with Gasteiger partial charge in [0.1, 0.15) is 11.5 Å². The van der Waals surface area contributed by atoms with Crippen molar-refractivity contribution < 1.29 is 23.1 Å². The van der Waals surface area contributed by atoms with E-state index >= 15 is 0 Å². The number of alkyl halides is 2. The summed E-state index contributed by atoms with van der Waals surface area (Å²) < 4.78 is 28.8. The van der Waals surface area contributed by atoms with Gasteiger partial charge in [-0.25, -0.2) is 0 Å². The Balaban J connectivity index is 1.58. The highest BCUT2D eigenvalue weighted by Gasteiger charge is 2.29. The molecule has 1 aromatic heterocycles. The van der Waals surface area contributed by atoms with Crippen LogP contribution in [-0.4, -0.2) is 23.3 Å². The molecule has 1 heterocycles. The molecule has 3 rings (SSSR count). The molecule has 1 amide bonds. The molecule has 0 spiro atoms. The first-order chi connectivity index (χ1) is 12.5. The molecule has 1 aliphatic carbocycles. The molecule has 1 saturated carbocycles. The van der Waals surface area contributed by atoms with Crippen LogP contribution in [0.4, 0.5) is 8.78 Å². The van der Waals surface area contributed by atoms with Crippen LogP contribution in [-0.2, 0) is 17.8 Å². The molecule has 1 N–H and O–H groups in total. The summed E-state index contributed by atoms with van der Waals surface area (Å²) in [6, 6.07) is 9.31. The van der Waals surface area contributed by atoms with Crippen LogP contribution in [0.1, 0.15) is 34.5 Å². The number of carbonyl (C=O) groups is 2. The van der Waals surface area contributed by atoms with E-state index < -0.39 is 6.61 Å². The van der Waals surface area contributed by atoms with Crippen molar-refractivity contribution in [1.82, 2.24) is 10.3 Å². The first-order valence-corrected chi connectivity index (χ1v) is 8.31. The summed E-state index contributed by atoms with van der Waals surface area (Å²) in [6.07, 6.45) is 3.61. The van der Waals surface area contributed by atoms with Gasteiger partial charge in [0.05, 0.1) is 0 Å². The minimum atomic E-state index is -2.89. The molecular formula is C19H18F2N2O3. The first-order valence-electron chi connectivity index (χ1n) is 8.31. The summed E-state index contributed by atoms with van der Waals surface area (Å²) in [7, 11) is 0. The minimum absolute atomic E-state index is 0.0385. The Morgan fingerprint density at radius 3 is 2.77 bits per heavy atom. The Bertz CT molecular complexity index is 807. The molecule has 0 saturated heterocycles.